The molecule has 4 heteroatoms. The van der Waals surface area contributed by atoms with Crippen LogP contribution < -0.4 is 11.1 Å². The predicted octanol–water partition coefficient (Wildman–Crippen LogP) is 1.96. The molecule has 1 aromatic heterocycles. The van der Waals surface area contributed by atoms with Crippen molar-refractivity contribution in [3.63, 3.8) is 0 Å². The Balaban J connectivity index is 1.89. The highest BCUT2D eigenvalue weighted by atomic mass is 16.1. The third kappa shape index (κ3) is 4.39. The number of carbonyl (C=O) groups excluding carboxylic acids is 1. The molecular weight excluding hydrogens is 262 g/mol. The summed E-state index contributed by atoms with van der Waals surface area (Å²) in [6, 6.07) is 11.8. The van der Waals surface area contributed by atoms with E-state index >= 15 is 0 Å². The predicted molar refractivity (Wildman–Crippen MR) is 83.5 cm³/mol. The summed E-state index contributed by atoms with van der Waals surface area (Å²) < 4.78 is 0. The molecular formula is C17H21N3O. The molecule has 0 unspecified atom stereocenters. The number of carbonyl (C=O) groups is 1. The molecule has 0 saturated carbocycles. The molecule has 110 valence electrons. The quantitative estimate of drug-likeness (QED) is 0.851. The molecule has 0 radical (unpaired) electrons. The highest BCUT2D eigenvalue weighted by Gasteiger charge is 2.06. The van der Waals surface area contributed by atoms with Gasteiger partial charge < -0.3 is 11.1 Å². The minimum Gasteiger partial charge on any atom is -0.350 e. The molecule has 0 aliphatic heterocycles. The number of amides is 1. The molecule has 1 amide bonds. The fraction of sp³-hybridized carbons (Fsp3) is 0.294. The zero-order valence-electron chi connectivity index (χ0n) is 12.3. The molecule has 0 bridgehead atoms. The standard InChI is InChI=1S/C17H21N3O/c1-2-15-4-3-9-19-16(15)12-20-17(21)10-13-5-7-14(11-18)8-6-13/h3-9H,2,10-12,18H2,1H3,(H,20,21). The van der Waals surface area contributed by atoms with E-state index in [1.165, 1.54) is 5.56 Å². The summed E-state index contributed by atoms with van der Waals surface area (Å²) >= 11 is 0. The molecule has 2 rings (SSSR count). The third-order valence-corrected chi connectivity index (χ3v) is 3.44. The Kier molecular flexibility index (Phi) is 5.46. The van der Waals surface area contributed by atoms with Crippen molar-refractivity contribution in [3.05, 3.63) is 65.0 Å². The number of rotatable bonds is 6. The lowest BCUT2D eigenvalue weighted by Gasteiger charge is -2.08. The summed E-state index contributed by atoms with van der Waals surface area (Å²) in [5.41, 5.74) is 9.72. The van der Waals surface area contributed by atoms with E-state index in [1.54, 1.807) is 6.20 Å². The van der Waals surface area contributed by atoms with Crippen LogP contribution in [-0.4, -0.2) is 10.9 Å². The van der Waals surface area contributed by atoms with Crippen molar-refractivity contribution in [1.29, 1.82) is 0 Å². The second kappa shape index (κ2) is 7.55. The lowest BCUT2D eigenvalue weighted by molar-refractivity contribution is -0.120. The van der Waals surface area contributed by atoms with E-state index < -0.39 is 0 Å². The number of nitrogens with two attached hydrogens (primary N) is 1. The van der Waals surface area contributed by atoms with Crippen molar-refractivity contribution in [3.8, 4) is 0 Å². The van der Waals surface area contributed by atoms with Gasteiger partial charge in [0.1, 0.15) is 0 Å². The van der Waals surface area contributed by atoms with E-state index in [4.69, 9.17) is 5.73 Å². The maximum atomic E-state index is 12.0. The number of nitrogens with zero attached hydrogens (tertiary/aromatic N) is 1. The van der Waals surface area contributed by atoms with Gasteiger partial charge in [0.05, 0.1) is 18.7 Å². The molecule has 21 heavy (non-hydrogen) atoms. The average molecular weight is 283 g/mol. The summed E-state index contributed by atoms with van der Waals surface area (Å²) in [5, 5.41) is 2.92. The monoisotopic (exact) mass is 283 g/mol. The Morgan fingerprint density at radius 1 is 1.19 bits per heavy atom. The minimum absolute atomic E-state index is 0.00297. The van der Waals surface area contributed by atoms with Crippen molar-refractivity contribution >= 4 is 5.91 Å². The molecule has 0 spiro atoms. The third-order valence-electron chi connectivity index (χ3n) is 3.44. The van der Waals surface area contributed by atoms with Crippen LogP contribution in [0.5, 0.6) is 0 Å². The van der Waals surface area contributed by atoms with Crippen molar-refractivity contribution in [2.45, 2.75) is 32.9 Å². The van der Waals surface area contributed by atoms with Crippen LogP contribution in [0, 0.1) is 0 Å². The van der Waals surface area contributed by atoms with Crippen LogP contribution in [0.4, 0.5) is 0 Å². The number of pyridine rings is 1. The molecule has 3 N–H and O–H groups in total. The van der Waals surface area contributed by atoms with Crippen LogP contribution in [0.3, 0.4) is 0 Å². The van der Waals surface area contributed by atoms with Gasteiger partial charge in [-0.3, -0.25) is 9.78 Å². The van der Waals surface area contributed by atoms with Crippen molar-refractivity contribution < 1.29 is 4.79 Å². The van der Waals surface area contributed by atoms with Crippen LogP contribution in [-0.2, 0) is 30.7 Å². The summed E-state index contributed by atoms with van der Waals surface area (Å²) in [7, 11) is 0. The van der Waals surface area contributed by atoms with Gasteiger partial charge in [0, 0.05) is 12.7 Å². The normalized spacial score (nSPS) is 10.4. The first kappa shape index (κ1) is 15.2. The Morgan fingerprint density at radius 2 is 1.90 bits per heavy atom. The van der Waals surface area contributed by atoms with Crippen molar-refractivity contribution in [2.75, 3.05) is 0 Å². The topological polar surface area (TPSA) is 68.0 Å². The number of hydrogen-bond acceptors (Lipinski definition) is 3. The van der Waals surface area contributed by atoms with E-state index in [0.29, 0.717) is 19.5 Å². The van der Waals surface area contributed by atoms with Gasteiger partial charge in [-0.25, -0.2) is 0 Å². The lowest BCUT2D eigenvalue weighted by atomic mass is 10.1. The Hall–Kier alpha value is -2.20. The molecule has 0 saturated heterocycles. The first-order chi connectivity index (χ1) is 10.2. The highest BCUT2D eigenvalue weighted by molar-refractivity contribution is 5.78. The first-order valence-corrected chi connectivity index (χ1v) is 7.20. The van der Waals surface area contributed by atoms with Gasteiger partial charge in [-0.2, -0.15) is 0 Å². The number of aryl methyl sites for hydroxylation is 1. The molecule has 1 heterocycles. The van der Waals surface area contributed by atoms with E-state index in [-0.39, 0.29) is 5.91 Å². The van der Waals surface area contributed by atoms with Gasteiger partial charge in [-0.1, -0.05) is 37.3 Å². The van der Waals surface area contributed by atoms with E-state index in [9.17, 15) is 4.79 Å². The minimum atomic E-state index is 0.00297. The summed E-state index contributed by atoms with van der Waals surface area (Å²) in [4.78, 5) is 16.3. The Bertz CT molecular complexity index is 593. The van der Waals surface area contributed by atoms with Crippen LogP contribution in [0.1, 0.15) is 29.3 Å². The molecule has 2 aromatic rings. The van der Waals surface area contributed by atoms with Crippen molar-refractivity contribution in [2.24, 2.45) is 5.73 Å². The van der Waals surface area contributed by atoms with Gasteiger partial charge in [-0.05, 0) is 29.2 Å². The van der Waals surface area contributed by atoms with Gasteiger partial charge in [0.2, 0.25) is 5.91 Å². The van der Waals surface area contributed by atoms with Gasteiger partial charge in [0.15, 0.2) is 0 Å². The van der Waals surface area contributed by atoms with Crippen molar-refractivity contribution in [1.82, 2.24) is 10.3 Å². The van der Waals surface area contributed by atoms with E-state index in [1.807, 2.05) is 36.4 Å². The zero-order valence-corrected chi connectivity index (χ0v) is 12.3. The summed E-state index contributed by atoms with van der Waals surface area (Å²) in [5.74, 6) is 0.00297. The second-order valence-corrected chi connectivity index (χ2v) is 4.94. The van der Waals surface area contributed by atoms with Crippen LogP contribution >= 0.6 is 0 Å². The maximum absolute atomic E-state index is 12.0. The zero-order chi connectivity index (χ0) is 15.1. The smallest absolute Gasteiger partial charge is 0.224 e. The molecule has 0 atom stereocenters. The largest absolute Gasteiger partial charge is 0.350 e. The van der Waals surface area contributed by atoms with Crippen LogP contribution in [0.2, 0.25) is 0 Å². The van der Waals surface area contributed by atoms with Crippen LogP contribution in [0.15, 0.2) is 42.6 Å². The summed E-state index contributed by atoms with van der Waals surface area (Å²) in [6.45, 7) is 3.08. The Morgan fingerprint density at radius 3 is 2.57 bits per heavy atom. The molecule has 0 fully saturated rings. The van der Waals surface area contributed by atoms with E-state index in [0.717, 1.165) is 23.2 Å². The number of benzene rings is 1. The molecule has 0 aliphatic carbocycles. The molecule has 0 aliphatic rings. The fourth-order valence-electron chi connectivity index (χ4n) is 2.18. The Labute approximate surface area is 125 Å². The summed E-state index contributed by atoms with van der Waals surface area (Å²) in [6.07, 6.45) is 3.05. The fourth-order valence-corrected chi connectivity index (χ4v) is 2.18. The molecule has 4 nitrogen and oxygen atoms in total. The number of hydrogen-bond donors (Lipinski definition) is 2. The van der Waals surface area contributed by atoms with Gasteiger partial charge in [0.25, 0.3) is 0 Å². The highest BCUT2D eigenvalue weighted by Crippen LogP contribution is 2.07. The second-order valence-electron chi connectivity index (χ2n) is 4.94. The number of nitrogens with one attached hydrogen (secondary N) is 1. The van der Waals surface area contributed by atoms with E-state index in [2.05, 4.69) is 17.2 Å². The number of aromatic nitrogens is 1. The molecule has 1 aromatic carbocycles. The SMILES string of the molecule is CCc1cccnc1CNC(=O)Cc1ccc(CN)cc1. The maximum Gasteiger partial charge on any atom is 0.224 e. The first-order valence-electron chi connectivity index (χ1n) is 7.20. The van der Waals surface area contributed by atoms with Crippen LogP contribution in [0.25, 0.3) is 0 Å². The lowest BCUT2D eigenvalue weighted by Crippen LogP contribution is -2.25. The average Bonchev–Trinajstić information content (AvgIpc) is 2.54. The van der Waals surface area contributed by atoms with Gasteiger partial charge >= 0.3 is 0 Å². The van der Waals surface area contributed by atoms with Gasteiger partial charge in [-0.15, -0.1) is 0 Å².